The summed E-state index contributed by atoms with van der Waals surface area (Å²) in [5, 5.41) is 5.23. The smallest absolute Gasteiger partial charge is 0.257 e. The lowest BCUT2D eigenvalue weighted by Gasteiger charge is -2.11. The molecule has 1 aliphatic rings. The van der Waals surface area contributed by atoms with Crippen molar-refractivity contribution in [2.45, 2.75) is 16.9 Å². The molecule has 182 valence electrons. The van der Waals surface area contributed by atoms with Crippen molar-refractivity contribution in [2.75, 3.05) is 10.6 Å². The lowest BCUT2D eigenvalue weighted by atomic mass is 10.1. The number of halogens is 7. The van der Waals surface area contributed by atoms with E-state index in [1.54, 1.807) is 6.07 Å². The molecule has 1 saturated carbocycles. The molecule has 0 radical (unpaired) electrons. The highest BCUT2D eigenvalue weighted by Crippen LogP contribution is 2.65. The van der Waals surface area contributed by atoms with Gasteiger partial charge >= 0.3 is 0 Å². The number of rotatable bonds is 6. The molecule has 3 aromatic rings. The van der Waals surface area contributed by atoms with Gasteiger partial charge in [-0.3, -0.25) is 9.59 Å². The minimum absolute atomic E-state index is 0.0382. The molecule has 0 bridgehead atoms. The van der Waals surface area contributed by atoms with Gasteiger partial charge in [0.2, 0.25) is 5.91 Å². The molecule has 35 heavy (non-hydrogen) atoms. The Labute approximate surface area is 218 Å². The molecule has 4 rings (SSSR count). The molecule has 0 aromatic heterocycles. The van der Waals surface area contributed by atoms with Crippen LogP contribution in [0.25, 0.3) is 0 Å². The standard InChI is InChI=1S/C24H15Cl4F3N2O2/c25-16-4-1-11(7-12(16)10-29)20-21(24(20,27)28)23(35)32-14-3-5-17(26)15(9-14)22(34)33-19-6-2-13(30)8-18(19)31/h1-9,20-21H,10H2,(H,32,35)(H,33,34). The Bertz CT molecular complexity index is 1340. The Hall–Kier alpha value is -2.45. The van der Waals surface area contributed by atoms with Crippen molar-refractivity contribution in [3.63, 3.8) is 0 Å². The number of hydrogen-bond acceptors (Lipinski definition) is 2. The van der Waals surface area contributed by atoms with Crippen molar-refractivity contribution in [2.24, 2.45) is 5.92 Å². The van der Waals surface area contributed by atoms with Crippen LogP contribution in [-0.4, -0.2) is 16.1 Å². The summed E-state index contributed by atoms with van der Waals surface area (Å²) >= 11 is 24.8. The van der Waals surface area contributed by atoms with Gasteiger partial charge in [-0.15, -0.1) is 23.2 Å². The lowest BCUT2D eigenvalue weighted by molar-refractivity contribution is -0.117. The molecular weight excluding hydrogens is 547 g/mol. The monoisotopic (exact) mass is 560 g/mol. The molecule has 2 atom stereocenters. The highest BCUT2D eigenvalue weighted by atomic mass is 35.5. The van der Waals surface area contributed by atoms with Gasteiger partial charge in [0.1, 0.15) is 22.6 Å². The Morgan fingerprint density at radius 1 is 0.914 bits per heavy atom. The molecule has 2 amide bonds. The lowest BCUT2D eigenvalue weighted by Crippen LogP contribution is -2.18. The molecule has 1 aliphatic carbocycles. The van der Waals surface area contributed by atoms with Gasteiger partial charge in [0.25, 0.3) is 5.91 Å². The number of carbonyl (C=O) groups is 2. The van der Waals surface area contributed by atoms with E-state index in [1.807, 2.05) is 0 Å². The molecular formula is C24H15Cl4F3N2O2. The van der Waals surface area contributed by atoms with Gasteiger partial charge < -0.3 is 10.6 Å². The minimum Gasteiger partial charge on any atom is -0.326 e. The van der Waals surface area contributed by atoms with Crippen LogP contribution in [0.4, 0.5) is 24.5 Å². The Morgan fingerprint density at radius 3 is 2.31 bits per heavy atom. The quantitative estimate of drug-likeness (QED) is 0.306. The van der Waals surface area contributed by atoms with Crippen molar-refractivity contribution in [3.05, 3.63) is 93.0 Å². The van der Waals surface area contributed by atoms with E-state index in [0.717, 1.165) is 12.1 Å². The molecule has 11 heteroatoms. The molecule has 4 nitrogen and oxygen atoms in total. The van der Waals surface area contributed by atoms with Crippen LogP contribution in [0, 0.1) is 17.6 Å². The zero-order chi connectivity index (χ0) is 25.5. The van der Waals surface area contributed by atoms with Crippen molar-refractivity contribution < 1.29 is 22.8 Å². The summed E-state index contributed by atoms with van der Waals surface area (Å²) in [5.74, 6) is -4.53. The number of amides is 2. The zero-order valence-electron chi connectivity index (χ0n) is 17.5. The van der Waals surface area contributed by atoms with Crippen LogP contribution in [0.15, 0.2) is 54.6 Å². The van der Waals surface area contributed by atoms with E-state index in [2.05, 4.69) is 10.6 Å². The van der Waals surface area contributed by atoms with E-state index in [0.29, 0.717) is 11.6 Å². The second-order valence-corrected chi connectivity index (χ2v) is 10.1. The number of carbonyl (C=O) groups excluding carboxylic acids is 2. The van der Waals surface area contributed by atoms with Gasteiger partial charge in [-0.25, -0.2) is 13.2 Å². The molecule has 2 N–H and O–H groups in total. The second kappa shape index (κ2) is 9.90. The first kappa shape index (κ1) is 25.6. The molecule has 1 fully saturated rings. The van der Waals surface area contributed by atoms with Crippen LogP contribution in [0.3, 0.4) is 0 Å². The maximum absolute atomic E-state index is 13.9. The third-order valence-corrected chi connectivity index (χ3v) is 7.21. The average molecular weight is 562 g/mol. The number of alkyl halides is 3. The van der Waals surface area contributed by atoms with Gasteiger partial charge in [-0.2, -0.15) is 0 Å². The van der Waals surface area contributed by atoms with Crippen LogP contribution in [0.5, 0.6) is 0 Å². The van der Waals surface area contributed by atoms with Gasteiger partial charge in [0, 0.05) is 28.3 Å². The van der Waals surface area contributed by atoms with E-state index in [9.17, 15) is 22.8 Å². The fourth-order valence-corrected chi connectivity index (χ4v) is 4.94. The first-order valence-electron chi connectivity index (χ1n) is 10.1. The summed E-state index contributed by atoms with van der Waals surface area (Å²) in [7, 11) is 0. The Balaban J connectivity index is 1.51. The predicted octanol–water partition coefficient (Wildman–Crippen LogP) is 7.52. The molecule has 3 aromatic carbocycles. The normalized spacial score (nSPS) is 18.1. The number of hydrogen-bond donors (Lipinski definition) is 2. The van der Waals surface area contributed by atoms with Gasteiger partial charge in [0.15, 0.2) is 0 Å². The van der Waals surface area contributed by atoms with E-state index in [-0.39, 0.29) is 32.5 Å². The topological polar surface area (TPSA) is 58.2 Å². The highest BCUT2D eigenvalue weighted by molar-refractivity contribution is 6.53. The minimum atomic E-state index is -1.43. The first-order valence-corrected chi connectivity index (χ1v) is 11.6. The molecule has 0 aliphatic heterocycles. The largest absolute Gasteiger partial charge is 0.326 e. The Kier molecular flexibility index (Phi) is 7.25. The summed E-state index contributed by atoms with van der Waals surface area (Å²) in [4.78, 5) is 25.6. The molecule has 0 saturated heterocycles. The van der Waals surface area contributed by atoms with Crippen LogP contribution >= 0.6 is 46.4 Å². The summed E-state index contributed by atoms with van der Waals surface area (Å²) in [6.45, 7) is -0.786. The van der Waals surface area contributed by atoms with Crippen LogP contribution in [-0.2, 0) is 11.5 Å². The van der Waals surface area contributed by atoms with E-state index >= 15 is 0 Å². The maximum Gasteiger partial charge on any atom is 0.257 e. The van der Waals surface area contributed by atoms with Crippen molar-refractivity contribution in [1.82, 2.24) is 0 Å². The third-order valence-electron chi connectivity index (χ3n) is 5.57. The molecule has 0 spiro atoms. The fourth-order valence-electron chi connectivity index (χ4n) is 3.74. The highest BCUT2D eigenvalue weighted by Gasteiger charge is 2.67. The van der Waals surface area contributed by atoms with Gasteiger partial charge in [-0.05, 0) is 42.0 Å². The SMILES string of the molecule is O=C(Nc1ccc(F)cc1F)c1cc(NC(=O)C2C(c3ccc(Cl)c(CF)c3)C2(Cl)Cl)ccc1Cl. The maximum atomic E-state index is 13.9. The average Bonchev–Trinajstić information content (AvgIpc) is 3.39. The Morgan fingerprint density at radius 2 is 1.63 bits per heavy atom. The summed E-state index contributed by atoms with van der Waals surface area (Å²) < 4.78 is 38.8. The van der Waals surface area contributed by atoms with Crippen LogP contribution in [0.1, 0.15) is 27.4 Å². The van der Waals surface area contributed by atoms with E-state index < -0.39 is 46.3 Å². The van der Waals surface area contributed by atoms with Crippen molar-refractivity contribution >= 4 is 69.6 Å². The zero-order valence-corrected chi connectivity index (χ0v) is 20.5. The van der Waals surface area contributed by atoms with Gasteiger partial charge in [0.05, 0.1) is 22.2 Å². The van der Waals surface area contributed by atoms with Crippen LogP contribution < -0.4 is 10.6 Å². The number of benzene rings is 3. The number of nitrogens with one attached hydrogen (secondary N) is 2. The number of anilines is 2. The predicted molar refractivity (Wildman–Crippen MR) is 131 cm³/mol. The van der Waals surface area contributed by atoms with E-state index in [4.69, 9.17) is 46.4 Å². The third kappa shape index (κ3) is 5.23. The van der Waals surface area contributed by atoms with E-state index in [1.165, 1.54) is 30.3 Å². The first-order chi connectivity index (χ1) is 16.5. The fraction of sp³-hybridized carbons (Fsp3) is 0.167. The summed E-state index contributed by atoms with van der Waals surface area (Å²) in [6, 6.07) is 11.5. The van der Waals surface area contributed by atoms with Crippen molar-refractivity contribution in [3.8, 4) is 0 Å². The molecule has 2 unspecified atom stereocenters. The van der Waals surface area contributed by atoms with Gasteiger partial charge in [-0.1, -0.05) is 35.3 Å². The van der Waals surface area contributed by atoms with Crippen molar-refractivity contribution in [1.29, 1.82) is 0 Å². The summed E-state index contributed by atoms with van der Waals surface area (Å²) in [6.07, 6.45) is 0. The van der Waals surface area contributed by atoms with Crippen LogP contribution in [0.2, 0.25) is 10.0 Å². The summed E-state index contributed by atoms with van der Waals surface area (Å²) in [5.41, 5.74) is 0.718. The molecule has 0 heterocycles. The second-order valence-electron chi connectivity index (χ2n) is 7.88.